The lowest BCUT2D eigenvalue weighted by atomic mass is 10.1. The maximum absolute atomic E-state index is 12.2. The fourth-order valence-corrected chi connectivity index (χ4v) is 4.25. The highest BCUT2D eigenvalue weighted by molar-refractivity contribution is 7.91. The molecule has 0 saturated heterocycles. The molecule has 3 rings (SSSR count). The summed E-state index contributed by atoms with van der Waals surface area (Å²) in [6, 6.07) is 12.4. The molecule has 3 aromatic rings. The lowest BCUT2D eigenvalue weighted by Gasteiger charge is -2.04. The van der Waals surface area contributed by atoms with Gasteiger partial charge in [-0.3, -0.25) is 10.1 Å². The average Bonchev–Trinajstić information content (AvgIpc) is 3.14. The highest BCUT2D eigenvalue weighted by atomic mass is 32.2. The third-order valence-electron chi connectivity index (χ3n) is 4.45. The molecule has 0 saturated carbocycles. The second kappa shape index (κ2) is 8.98. The first kappa shape index (κ1) is 22.6. The van der Waals surface area contributed by atoms with Crippen molar-refractivity contribution >= 4 is 31.6 Å². The number of benzene rings is 2. The van der Waals surface area contributed by atoms with Gasteiger partial charge in [0.05, 0.1) is 28.4 Å². The Morgan fingerprint density at radius 1 is 0.903 bits per heavy atom. The molecule has 1 amide bonds. The van der Waals surface area contributed by atoms with Gasteiger partial charge in [0.1, 0.15) is 0 Å². The molecule has 1 aromatic heterocycles. The molecule has 0 spiro atoms. The van der Waals surface area contributed by atoms with Crippen LogP contribution in [-0.2, 0) is 37.3 Å². The zero-order chi connectivity index (χ0) is 22.6. The van der Waals surface area contributed by atoms with Crippen molar-refractivity contribution in [2.75, 3.05) is 17.3 Å². The van der Waals surface area contributed by atoms with E-state index in [1.165, 1.54) is 24.3 Å². The van der Waals surface area contributed by atoms with Gasteiger partial charge in [-0.2, -0.15) is 0 Å². The first-order valence-electron chi connectivity index (χ1n) is 9.30. The number of carbonyl (C=O) groups excluding carboxylic acids is 1. The van der Waals surface area contributed by atoms with Gasteiger partial charge in [-0.25, -0.2) is 16.8 Å². The third kappa shape index (κ3) is 5.98. The number of anilines is 1. The minimum absolute atomic E-state index is 0.00811. The summed E-state index contributed by atoms with van der Waals surface area (Å²) < 4.78 is 52.1. The van der Waals surface area contributed by atoms with Gasteiger partial charge in [-0.15, -0.1) is 5.10 Å². The van der Waals surface area contributed by atoms with Crippen molar-refractivity contribution in [3.8, 4) is 0 Å². The van der Waals surface area contributed by atoms with E-state index in [2.05, 4.69) is 15.5 Å². The number of aromatic nitrogens is 2. The lowest BCUT2D eigenvalue weighted by Crippen LogP contribution is -2.14. The number of carbonyl (C=O) groups is 1. The van der Waals surface area contributed by atoms with Crippen molar-refractivity contribution in [2.24, 2.45) is 0 Å². The van der Waals surface area contributed by atoms with Crippen molar-refractivity contribution in [2.45, 2.75) is 29.6 Å². The van der Waals surface area contributed by atoms with E-state index in [0.717, 1.165) is 11.8 Å². The van der Waals surface area contributed by atoms with E-state index < -0.39 is 19.7 Å². The summed E-state index contributed by atoms with van der Waals surface area (Å²) >= 11 is 0. The molecule has 1 heterocycles. The number of sulfone groups is 2. The molecule has 0 atom stereocenters. The molecule has 1 N–H and O–H groups in total. The number of rotatable bonds is 8. The zero-order valence-electron chi connectivity index (χ0n) is 16.9. The van der Waals surface area contributed by atoms with Gasteiger partial charge in [0, 0.05) is 6.26 Å². The highest BCUT2D eigenvalue weighted by Gasteiger charge is 2.14. The number of hydrogen-bond acceptors (Lipinski definition) is 8. The maximum Gasteiger partial charge on any atom is 0.322 e. The van der Waals surface area contributed by atoms with E-state index in [-0.39, 0.29) is 46.2 Å². The van der Waals surface area contributed by atoms with Gasteiger partial charge in [0.25, 0.3) is 0 Å². The topological polar surface area (TPSA) is 136 Å². The standard InChI is InChI=1S/C20H21N3O6S2/c1-3-31(27,28)17-10-6-14(7-11-17)12-18(24)21-20-23-22-19(29-20)13-15-4-8-16(9-5-15)30(2,25)26/h4-11H,3,12-13H2,1-2H3,(H,21,23,24). The first-order valence-corrected chi connectivity index (χ1v) is 12.8. The molecule has 0 fully saturated rings. The van der Waals surface area contributed by atoms with Crippen LogP contribution in [0.1, 0.15) is 23.9 Å². The predicted molar refractivity (Wildman–Crippen MR) is 113 cm³/mol. The van der Waals surface area contributed by atoms with E-state index in [1.54, 1.807) is 31.2 Å². The third-order valence-corrected chi connectivity index (χ3v) is 7.33. The van der Waals surface area contributed by atoms with Crippen molar-refractivity contribution in [1.82, 2.24) is 10.2 Å². The van der Waals surface area contributed by atoms with Crippen LogP contribution < -0.4 is 5.32 Å². The Labute approximate surface area is 180 Å². The summed E-state index contributed by atoms with van der Waals surface area (Å²) in [6.07, 6.45) is 1.42. The van der Waals surface area contributed by atoms with Crippen LogP contribution in [0, 0.1) is 0 Å². The predicted octanol–water partition coefficient (Wildman–Crippen LogP) is 2.04. The summed E-state index contributed by atoms with van der Waals surface area (Å²) in [5.41, 5.74) is 1.41. The maximum atomic E-state index is 12.2. The smallest absolute Gasteiger partial charge is 0.322 e. The minimum Gasteiger partial charge on any atom is -0.407 e. The summed E-state index contributed by atoms with van der Waals surface area (Å²) in [5, 5.41) is 10.2. The van der Waals surface area contributed by atoms with Gasteiger partial charge in [-0.05, 0) is 35.4 Å². The molecule has 0 aliphatic carbocycles. The van der Waals surface area contributed by atoms with Crippen LogP contribution in [0.15, 0.2) is 62.7 Å². The number of amides is 1. The monoisotopic (exact) mass is 463 g/mol. The van der Waals surface area contributed by atoms with Crippen LogP contribution in [0.2, 0.25) is 0 Å². The van der Waals surface area contributed by atoms with Crippen molar-refractivity contribution in [1.29, 1.82) is 0 Å². The lowest BCUT2D eigenvalue weighted by molar-refractivity contribution is -0.115. The SMILES string of the molecule is CCS(=O)(=O)c1ccc(CC(=O)Nc2nnc(Cc3ccc(S(C)(=O)=O)cc3)o2)cc1. The molecule has 2 aromatic carbocycles. The van der Waals surface area contributed by atoms with Gasteiger partial charge in [-0.1, -0.05) is 36.3 Å². The molecule has 31 heavy (non-hydrogen) atoms. The summed E-state index contributed by atoms with van der Waals surface area (Å²) in [4.78, 5) is 12.6. The average molecular weight is 464 g/mol. The van der Waals surface area contributed by atoms with Gasteiger partial charge in [0.2, 0.25) is 11.8 Å². The molecule has 0 aliphatic rings. The van der Waals surface area contributed by atoms with Gasteiger partial charge in [0.15, 0.2) is 19.7 Å². The van der Waals surface area contributed by atoms with Gasteiger partial charge < -0.3 is 4.42 Å². The highest BCUT2D eigenvalue weighted by Crippen LogP contribution is 2.16. The number of nitrogens with one attached hydrogen (secondary N) is 1. The van der Waals surface area contributed by atoms with Crippen molar-refractivity contribution in [3.05, 3.63) is 65.5 Å². The Hall–Kier alpha value is -3.05. The van der Waals surface area contributed by atoms with Crippen molar-refractivity contribution < 1.29 is 26.0 Å². The Kier molecular flexibility index (Phi) is 6.56. The summed E-state index contributed by atoms with van der Waals surface area (Å²) in [7, 11) is -6.56. The van der Waals surface area contributed by atoms with Gasteiger partial charge >= 0.3 is 6.01 Å². The molecular weight excluding hydrogens is 442 g/mol. The summed E-state index contributed by atoms with van der Waals surface area (Å²) in [6.45, 7) is 1.57. The van der Waals surface area contributed by atoms with E-state index in [0.29, 0.717) is 5.56 Å². The first-order chi connectivity index (χ1) is 14.6. The zero-order valence-corrected chi connectivity index (χ0v) is 18.5. The van der Waals surface area contributed by atoms with E-state index >= 15 is 0 Å². The second-order valence-corrected chi connectivity index (χ2v) is 11.2. The minimum atomic E-state index is -3.29. The molecule has 0 radical (unpaired) electrons. The Morgan fingerprint density at radius 3 is 2.06 bits per heavy atom. The van der Waals surface area contributed by atoms with Crippen LogP contribution in [-0.4, -0.2) is 44.9 Å². The van der Waals surface area contributed by atoms with E-state index in [4.69, 9.17) is 4.42 Å². The second-order valence-electron chi connectivity index (χ2n) is 6.87. The molecule has 0 aliphatic heterocycles. The normalized spacial score (nSPS) is 11.9. The Bertz CT molecular complexity index is 1280. The quantitative estimate of drug-likeness (QED) is 0.536. The fraction of sp³-hybridized carbons (Fsp3) is 0.250. The van der Waals surface area contributed by atoms with E-state index in [1.807, 2.05) is 0 Å². The van der Waals surface area contributed by atoms with Crippen LogP contribution in [0.5, 0.6) is 0 Å². The van der Waals surface area contributed by atoms with Crippen LogP contribution in [0.3, 0.4) is 0 Å². The summed E-state index contributed by atoms with van der Waals surface area (Å²) in [5.74, 6) is -0.121. The van der Waals surface area contributed by atoms with Crippen LogP contribution >= 0.6 is 0 Å². The molecular formula is C20H21N3O6S2. The Balaban J connectivity index is 1.58. The van der Waals surface area contributed by atoms with Crippen LogP contribution in [0.25, 0.3) is 0 Å². The molecule has 164 valence electrons. The molecule has 9 nitrogen and oxygen atoms in total. The molecule has 11 heteroatoms. The number of hydrogen-bond donors (Lipinski definition) is 1. The fourth-order valence-electron chi connectivity index (χ4n) is 2.73. The van der Waals surface area contributed by atoms with Crippen LogP contribution in [0.4, 0.5) is 6.01 Å². The number of nitrogens with zero attached hydrogens (tertiary/aromatic N) is 2. The Morgan fingerprint density at radius 2 is 1.48 bits per heavy atom. The van der Waals surface area contributed by atoms with E-state index in [9.17, 15) is 21.6 Å². The largest absolute Gasteiger partial charge is 0.407 e. The molecule has 0 unspecified atom stereocenters. The molecule has 0 bridgehead atoms. The van der Waals surface area contributed by atoms with Crippen molar-refractivity contribution in [3.63, 3.8) is 0 Å².